The number of nitrogens with zero attached hydrogens (tertiary/aromatic N) is 3. The number of nitrogens with one attached hydrogen (secondary N) is 1. The van der Waals surface area contributed by atoms with Gasteiger partial charge in [0.1, 0.15) is 0 Å². The van der Waals surface area contributed by atoms with Crippen molar-refractivity contribution < 1.29 is 4.79 Å². The molecule has 1 aromatic carbocycles. The third kappa shape index (κ3) is 3.18. The molecule has 3 heterocycles. The SMILES string of the molecule is CCc1ccc(C(=O)CSc2nnc(-c3c[nH]c4ccccc34)n2C2CC2)s1. The van der Waals surface area contributed by atoms with Crippen molar-refractivity contribution in [2.75, 3.05) is 5.75 Å². The molecule has 5 nitrogen and oxygen atoms in total. The molecule has 1 fully saturated rings. The highest BCUT2D eigenvalue weighted by atomic mass is 32.2. The zero-order valence-corrected chi connectivity index (χ0v) is 17.1. The summed E-state index contributed by atoms with van der Waals surface area (Å²) in [7, 11) is 0. The standard InChI is InChI=1S/C21H20N4OS2/c1-2-14-9-10-19(28-14)18(26)12-27-21-24-23-20(25(21)13-7-8-13)16-11-22-17-6-4-3-5-15(16)17/h3-6,9-11,13,22H,2,7-8,12H2,1H3. The van der Waals surface area contributed by atoms with Gasteiger partial charge in [0.25, 0.3) is 0 Å². The molecule has 0 unspecified atom stereocenters. The Morgan fingerprint density at radius 1 is 1.25 bits per heavy atom. The maximum atomic E-state index is 12.6. The van der Waals surface area contributed by atoms with Gasteiger partial charge in [0.15, 0.2) is 16.8 Å². The monoisotopic (exact) mass is 408 g/mol. The minimum absolute atomic E-state index is 0.161. The number of carbonyl (C=O) groups excluding carboxylic acids is 1. The van der Waals surface area contributed by atoms with Gasteiger partial charge < -0.3 is 4.98 Å². The van der Waals surface area contributed by atoms with Crippen LogP contribution in [0.25, 0.3) is 22.3 Å². The lowest BCUT2D eigenvalue weighted by Gasteiger charge is -2.08. The zero-order chi connectivity index (χ0) is 19.1. The molecule has 1 saturated carbocycles. The number of thiophene rings is 1. The minimum Gasteiger partial charge on any atom is -0.360 e. The smallest absolute Gasteiger partial charge is 0.192 e. The summed E-state index contributed by atoms with van der Waals surface area (Å²) < 4.78 is 2.22. The van der Waals surface area contributed by atoms with Crippen LogP contribution in [0.15, 0.2) is 47.8 Å². The van der Waals surface area contributed by atoms with E-state index in [4.69, 9.17) is 0 Å². The van der Waals surface area contributed by atoms with E-state index in [0.29, 0.717) is 11.8 Å². The number of H-pyrrole nitrogens is 1. The number of aryl methyl sites for hydroxylation is 1. The van der Waals surface area contributed by atoms with E-state index in [1.165, 1.54) is 16.6 Å². The number of aromatic nitrogens is 4. The molecular weight excluding hydrogens is 388 g/mol. The summed E-state index contributed by atoms with van der Waals surface area (Å²) >= 11 is 3.09. The van der Waals surface area contributed by atoms with Crippen molar-refractivity contribution in [2.45, 2.75) is 37.4 Å². The van der Waals surface area contributed by atoms with Gasteiger partial charge >= 0.3 is 0 Å². The topological polar surface area (TPSA) is 63.6 Å². The molecular formula is C21H20N4OS2. The fourth-order valence-electron chi connectivity index (χ4n) is 3.40. The van der Waals surface area contributed by atoms with Crippen LogP contribution in [-0.4, -0.2) is 31.3 Å². The van der Waals surface area contributed by atoms with Crippen molar-refractivity contribution in [3.63, 3.8) is 0 Å². The number of benzene rings is 1. The summed E-state index contributed by atoms with van der Waals surface area (Å²) in [5, 5.41) is 10.9. The molecule has 0 radical (unpaired) electrons. The lowest BCUT2D eigenvalue weighted by Crippen LogP contribution is -2.03. The van der Waals surface area contributed by atoms with Gasteiger partial charge in [-0.25, -0.2) is 0 Å². The van der Waals surface area contributed by atoms with Crippen LogP contribution in [0.1, 0.15) is 40.4 Å². The van der Waals surface area contributed by atoms with Crippen molar-refractivity contribution >= 4 is 39.8 Å². The van der Waals surface area contributed by atoms with Crippen molar-refractivity contribution in [1.82, 2.24) is 19.7 Å². The summed E-state index contributed by atoms with van der Waals surface area (Å²) in [5.74, 6) is 1.44. The van der Waals surface area contributed by atoms with Crippen molar-refractivity contribution in [1.29, 1.82) is 0 Å². The first-order valence-corrected chi connectivity index (χ1v) is 11.3. The number of rotatable bonds is 7. The first-order chi connectivity index (χ1) is 13.7. The molecule has 1 aliphatic carbocycles. The average molecular weight is 409 g/mol. The van der Waals surface area contributed by atoms with Gasteiger partial charge in [0.05, 0.1) is 10.6 Å². The molecule has 0 atom stereocenters. The highest BCUT2D eigenvalue weighted by Crippen LogP contribution is 2.42. The third-order valence-corrected chi connectivity index (χ3v) is 7.24. The van der Waals surface area contributed by atoms with E-state index in [1.807, 2.05) is 30.5 Å². The second-order valence-corrected chi connectivity index (χ2v) is 9.10. The third-order valence-electron chi connectivity index (χ3n) is 5.02. The molecule has 0 saturated heterocycles. The minimum atomic E-state index is 0.161. The van der Waals surface area contributed by atoms with E-state index in [0.717, 1.165) is 51.6 Å². The number of fused-ring (bicyclic) bond motifs is 1. The zero-order valence-electron chi connectivity index (χ0n) is 15.5. The summed E-state index contributed by atoms with van der Waals surface area (Å²) in [4.78, 5) is 18.0. The maximum absolute atomic E-state index is 12.6. The molecule has 0 amide bonds. The van der Waals surface area contributed by atoms with Crippen LogP contribution in [0.4, 0.5) is 0 Å². The van der Waals surface area contributed by atoms with Gasteiger partial charge in [-0.1, -0.05) is 36.9 Å². The van der Waals surface area contributed by atoms with Gasteiger partial charge in [0.2, 0.25) is 0 Å². The van der Waals surface area contributed by atoms with Gasteiger partial charge in [-0.15, -0.1) is 21.5 Å². The number of aromatic amines is 1. The number of carbonyl (C=O) groups is 1. The largest absolute Gasteiger partial charge is 0.360 e. The Labute approximate surface area is 171 Å². The molecule has 0 aliphatic heterocycles. The average Bonchev–Trinajstić information content (AvgIpc) is 3.14. The molecule has 7 heteroatoms. The molecule has 0 spiro atoms. The summed E-state index contributed by atoms with van der Waals surface area (Å²) in [6, 6.07) is 12.7. The number of hydrogen-bond donors (Lipinski definition) is 1. The number of hydrogen-bond acceptors (Lipinski definition) is 5. The first-order valence-electron chi connectivity index (χ1n) is 9.50. The van der Waals surface area contributed by atoms with Crippen LogP contribution in [0, 0.1) is 0 Å². The van der Waals surface area contributed by atoms with E-state index in [1.54, 1.807) is 11.3 Å². The molecule has 5 rings (SSSR count). The highest BCUT2D eigenvalue weighted by molar-refractivity contribution is 7.99. The van der Waals surface area contributed by atoms with E-state index in [-0.39, 0.29) is 5.78 Å². The van der Waals surface area contributed by atoms with Crippen LogP contribution in [0.3, 0.4) is 0 Å². The number of Topliss-reactive ketones (excluding diaryl/α,β-unsaturated/α-hetero) is 1. The molecule has 4 aromatic rings. The predicted octanol–water partition coefficient (Wildman–Crippen LogP) is 5.36. The van der Waals surface area contributed by atoms with Crippen LogP contribution < -0.4 is 0 Å². The molecule has 142 valence electrons. The molecule has 1 aliphatic rings. The van der Waals surface area contributed by atoms with Crippen molar-refractivity contribution in [2.24, 2.45) is 0 Å². The Balaban J connectivity index is 1.42. The second-order valence-electron chi connectivity index (χ2n) is 6.99. The molecule has 28 heavy (non-hydrogen) atoms. The molecule has 0 bridgehead atoms. The molecule has 1 N–H and O–H groups in total. The van der Waals surface area contributed by atoms with Gasteiger partial charge in [0, 0.05) is 33.6 Å². The summed E-state index contributed by atoms with van der Waals surface area (Å²) in [6.45, 7) is 2.11. The van der Waals surface area contributed by atoms with Crippen LogP contribution in [-0.2, 0) is 6.42 Å². The Hall–Kier alpha value is -2.38. The van der Waals surface area contributed by atoms with Crippen LogP contribution >= 0.6 is 23.1 Å². The normalized spacial score (nSPS) is 14.0. The molecule has 3 aromatic heterocycles. The number of ketones is 1. The summed E-state index contributed by atoms with van der Waals surface area (Å²) in [6.07, 6.45) is 5.25. The quantitative estimate of drug-likeness (QED) is 0.330. The van der Waals surface area contributed by atoms with E-state index >= 15 is 0 Å². The Kier molecular flexibility index (Phi) is 4.56. The van der Waals surface area contributed by atoms with Crippen LogP contribution in [0.5, 0.6) is 0 Å². The Bertz CT molecular complexity index is 1150. The second kappa shape index (κ2) is 7.22. The van der Waals surface area contributed by atoms with E-state index < -0.39 is 0 Å². The van der Waals surface area contributed by atoms with E-state index in [2.05, 4.69) is 38.8 Å². The first kappa shape index (κ1) is 17.7. The fourth-order valence-corrected chi connectivity index (χ4v) is 5.26. The van der Waals surface area contributed by atoms with Crippen molar-refractivity contribution in [3.8, 4) is 11.4 Å². The predicted molar refractivity (Wildman–Crippen MR) is 114 cm³/mol. The van der Waals surface area contributed by atoms with Crippen LogP contribution in [0.2, 0.25) is 0 Å². The Morgan fingerprint density at radius 2 is 2.11 bits per heavy atom. The lowest BCUT2D eigenvalue weighted by molar-refractivity contribution is 0.102. The van der Waals surface area contributed by atoms with E-state index in [9.17, 15) is 4.79 Å². The van der Waals surface area contributed by atoms with Gasteiger partial charge in [-0.05, 0) is 37.5 Å². The van der Waals surface area contributed by atoms with Gasteiger partial charge in [-0.2, -0.15) is 0 Å². The lowest BCUT2D eigenvalue weighted by atomic mass is 10.1. The Morgan fingerprint density at radius 3 is 2.89 bits per heavy atom. The maximum Gasteiger partial charge on any atom is 0.192 e. The summed E-state index contributed by atoms with van der Waals surface area (Å²) in [5.41, 5.74) is 2.16. The fraction of sp³-hybridized carbons (Fsp3) is 0.286. The highest BCUT2D eigenvalue weighted by Gasteiger charge is 2.31. The number of thioether (sulfide) groups is 1. The van der Waals surface area contributed by atoms with Crippen molar-refractivity contribution in [3.05, 3.63) is 52.3 Å². The number of para-hydroxylation sites is 1. The van der Waals surface area contributed by atoms with Gasteiger partial charge in [-0.3, -0.25) is 9.36 Å².